The Morgan fingerprint density at radius 1 is 1.44 bits per heavy atom. The van der Waals surface area contributed by atoms with Crippen molar-refractivity contribution in [1.82, 2.24) is 0 Å². The Labute approximate surface area is 110 Å². The summed E-state index contributed by atoms with van der Waals surface area (Å²) in [5, 5.41) is 3.15. The van der Waals surface area contributed by atoms with Crippen molar-refractivity contribution in [3.05, 3.63) is 16.0 Å². The van der Waals surface area contributed by atoms with Crippen LogP contribution < -0.4 is 5.32 Å². The minimum absolute atomic E-state index is 0.0156. The normalized spacial score (nSPS) is 9.67. The Morgan fingerprint density at radius 2 is 2.11 bits per heavy atom. The molecule has 1 rings (SSSR count). The van der Waals surface area contributed by atoms with Gasteiger partial charge in [0.2, 0.25) is 5.91 Å². The zero-order valence-electron chi connectivity index (χ0n) is 10.6. The van der Waals surface area contributed by atoms with Gasteiger partial charge in [-0.15, -0.1) is 17.8 Å². The third-order valence-corrected chi connectivity index (χ3v) is 3.50. The average molecular weight is 265 g/mol. The lowest BCUT2D eigenvalue weighted by molar-refractivity contribution is -0.115. The van der Waals surface area contributed by atoms with Crippen LogP contribution in [-0.4, -0.2) is 18.5 Å². The molecule has 0 bridgehead atoms. The Kier molecular flexibility index (Phi) is 4.93. The molecule has 1 heterocycles. The Bertz CT molecular complexity index is 511. The summed E-state index contributed by atoms with van der Waals surface area (Å²) in [5.74, 6) is 1.54. The number of terminal acetylenes is 1. The third-order valence-electron chi connectivity index (χ3n) is 2.38. The number of hydrogen-bond donors (Lipinski definition) is 1. The summed E-state index contributed by atoms with van der Waals surface area (Å²) in [6.45, 7) is 5.75. The smallest absolute Gasteiger partial charge is 0.341 e. The molecule has 1 aromatic heterocycles. The second-order valence-electron chi connectivity index (χ2n) is 3.64. The van der Waals surface area contributed by atoms with Crippen LogP contribution in [0.25, 0.3) is 0 Å². The highest BCUT2D eigenvalue weighted by molar-refractivity contribution is 7.16. The topological polar surface area (TPSA) is 55.4 Å². The van der Waals surface area contributed by atoms with Gasteiger partial charge in [0, 0.05) is 4.88 Å². The molecule has 0 saturated heterocycles. The zero-order valence-corrected chi connectivity index (χ0v) is 11.4. The van der Waals surface area contributed by atoms with Crippen LogP contribution in [0, 0.1) is 26.2 Å². The van der Waals surface area contributed by atoms with E-state index < -0.39 is 5.97 Å². The minimum atomic E-state index is -0.421. The average Bonchev–Trinajstić information content (AvgIpc) is 2.55. The first-order valence-corrected chi connectivity index (χ1v) is 6.33. The Hall–Kier alpha value is -1.80. The number of anilines is 1. The largest absolute Gasteiger partial charge is 0.462 e. The second-order valence-corrected chi connectivity index (χ2v) is 4.86. The van der Waals surface area contributed by atoms with Gasteiger partial charge in [-0.3, -0.25) is 4.79 Å². The molecule has 0 spiro atoms. The van der Waals surface area contributed by atoms with Crippen molar-refractivity contribution in [3.63, 3.8) is 0 Å². The number of carbonyl (C=O) groups excluding carboxylic acids is 2. The summed E-state index contributed by atoms with van der Waals surface area (Å²) in [7, 11) is 0. The molecule has 0 aliphatic rings. The lowest BCUT2D eigenvalue weighted by Gasteiger charge is -2.05. The van der Waals surface area contributed by atoms with Gasteiger partial charge in [-0.1, -0.05) is 5.92 Å². The number of esters is 1. The summed E-state index contributed by atoms with van der Waals surface area (Å²) in [6, 6.07) is 0. The first-order valence-electron chi connectivity index (χ1n) is 5.51. The molecule has 96 valence electrons. The fourth-order valence-electron chi connectivity index (χ4n) is 1.43. The van der Waals surface area contributed by atoms with E-state index in [1.54, 1.807) is 6.92 Å². The molecule has 1 aromatic rings. The summed E-state index contributed by atoms with van der Waals surface area (Å²) < 4.78 is 4.98. The third kappa shape index (κ3) is 3.11. The Morgan fingerprint density at radius 3 is 2.67 bits per heavy atom. The maximum Gasteiger partial charge on any atom is 0.341 e. The van der Waals surface area contributed by atoms with Crippen LogP contribution in [-0.2, 0) is 9.53 Å². The highest BCUT2D eigenvalue weighted by Crippen LogP contribution is 2.33. The van der Waals surface area contributed by atoms with Crippen LogP contribution in [0.15, 0.2) is 0 Å². The van der Waals surface area contributed by atoms with Crippen LogP contribution in [0.3, 0.4) is 0 Å². The summed E-state index contributed by atoms with van der Waals surface area (Å²) >= 11 is 1.35. The van der Waals surface area contributed by atoms with Crippen molar-refractivity contribution in [1.29, 1.82) is 0 Å². The van der Waals surface area contributed by atoms with E-state index in [9.17, 15) is 9.59 Å². The molecule has 5 heteroatoms. The first-order chi connectivity index (χ1) is 8.51. The molecular weight excluding hydrogens is 250 g/mol. The lowest BCUT2D eigenvalue weighted by atomic mass is 10.1. The molecule has 1 N–H and O–H groups in total. The number of aryl methyl sites for hydroxylation is 1. The number of ether oxygens (including phenoxy) is 1. The predicted molar refractivity (Wildman–Crippen MR) is 71.8 cm³/mol. The molecule has 0 aliphatic heterocycles. The summed E-state index contributed by atoms with van der Waals surface area (Å²) in [4.78, 5) is 24.3. The fourth-order valence-corrected chi connectivity index (χ4v) is 2.49. The highest BCUT2D eigenvalue weighted by Gasteiger charge is 2.21. The van der Waals surface area contributed by atoms with E-state index >= 15 is 0 Å². The van der Waals surface area contributed by atoms with Crippen molar-refractivity contribution in [2.24, 2.45) is 0 Å². The Balaban J connectivity index is 3.05. The van der Waals surface area contributed by atoms with Crippen molar-refractivity contribution in [3.8, 4) is 12.3 Å². The number of thiophene rings is 1. The maximum atomic E-state index is 11.8. The van der Waals surface area contributed by atoms with Gasteiger partial charge >= 0.3 is 5.97 Å². The van der Waals surface area contributed by atoms with Crippen LogP contribution in [0.1, 0.15) is 34.1 Å². The van der Waals surface area contributed by atoms with Gasteiger partial charge in [-0.05, 0) is 26.3 Å². The summed E-state index contributed by atoms with van der Waals surface area (Å²) in [5.41, 5.74) is 1.25. The van der Waals surface area contributed by atoms with Crippen LogP contribution in [0.4, 0.5) is 5.00 Å². The summed E-state index contributed by atoms with van der Waals surface area (Å²) in [6.07, 6.45) is 5.05. The number of hydrogen-bond acceptors (Lipinski definition) is 4. The lowest BCUT2D eigenvalue weighted by Crippen LogP contribution is -2.13. The highest BCUT2D eigenvalue weighted by atomic mass is 32.1. The number of amides is 1. The van der Waals surface area contributed by atoms with E-state index in [2.05, 4.69) is 11.2 Å². The molecule has 0 fully saturated rings. The van der Waals surface area contributed by atoms with Crippen LogP contribution >= 0.6 is 11.3 Å². The molecule has 0 aliphatic carbocycles. The van der Waals surface area contributed by atoms with E-state index in [0.29, 0.717) is 17.2 Å². The van der Waals surface area contributed by atoms with Gasteiger partial charge in [-0.25, -0.2) is 4.79 Å². The van der Waals surface area contributed by atoms with E-state index in [0.717, 1.165) is 10.4 Å². The van der Waals surface area contributed by atoms with Gasteiger partial charge in [-0.2, -0.15) is 0 Å². The van der Waals surface area contributed by atoms with E-state index in [1.165, 1.54) is 11.3 Å². The molecular formula is C13H15NO3S. The zero-order chi connectivity index (χ0) is 13.7. The van der Waals surface area contributed by atoms with Crippen LogP contribution in [0.5, 0.6) is 0 Å². The van der Waals surface area contributed by atoms with Crippen molar-refractivity contribution >= 4 is 28.2 Å². The van der Waals surface area contributed by atoms with Gasteiger partial charge < -0.3 is 10.1 Å². The molecule has 1 amide bonds. The van der Waals surface area contributed by atoms with Crippen molar-refractivity contribution in [2.45, 2.75) is 27.2 Å². The first kappa shape index (κ1) is 14.3. The monoisotopic (exact) mass is 265 g/mol. The maximum absolute atomic E-state index is 11.8. The van der Waals surface area contributed by atoms with Crippen LogP contribution in [0.2, 0.25) is 0 Å². The van der Waals surface area contributed by atoms with Gasteiger partial charge in [0.05, 0.1) is 18.6 Å². The molecule has 0 aromatic carbocycles. The minimum Gasteiger partial charge on any atom is -0.462 e. The molecule has 18 heavy (non-hydrogen) atoms. The van der Waals surface area contributed by atoms with E-state index in [4.69, 9.17) is 11.2 Å². The second kappa shape index (κ2) is 6.22. The molecule has 0 saturated carbocycles. The number of rotatable bonds is 4. The van der Waals surface area contributed by atoms with E-state index in [-0.39, 0.29) is 12.3 Å². The fraction of sp³-hybridized carbons (Fsp3) is 0.385. The quantitative estimate of drug-likeness (QED) is 0.672. The van der Waals surface area contributed by atoms with Gasteiger partial charge in [0.1, 0.15) is 5.00 Å². The predicted octanol–water partition coefficient (Wildman–Crippen LogP) is 2.50. The molecule has 0 unspecified atom stereocenters. The number of carbonyl (C=O) groups is 2. The number of nitrogens with one attached hydrogen (secondary N) is 1. The van der Waals surface area contributed by atoms with Gasteiger partial charge in [0.25, 0.3) is 0 Å². The van der Waals surface area contributed by atoms with E-state index in [1.807, 2.05) is 13.8 Å². The molecule has 4 nitrogen and oxygen atoms in total. The van der Waals surface area contributed by atoms with Crippen molar-refractivity contribution in [2.75, 3.05) is 11.9 Å². The van der Waals surface area contributed by atoms with Gasteiger partial charge in [0.15, 0.2) is 0 Å². The molecule has 0 atom stereocenters. The standard InChI is InChI=1S/C13H15NO3S/c1-5-7-10(15)14-12-11(13(16)17-6-2)8(3)9(4)18-12/h1H,6-7H2,2-4H3,(H,14,15). The molecule has 0 radical (unpaired) electrons. The van der Waals surface area contributed by atoms with Crippen molar-refractivity contribution < 1.29 is 14.3 Å². The SMILES string of the molecule is C#CCC(=O)Nc1sc(C)c(C)c1C(=O)OCC.